The Morgan fingerprint density at radius 2 is 1.80 bits per heavy atom. The maximum absolute atomic E-state index is 12.2. The van der Waals surface area contributed by atoms with E-state index in [1.165, 1.54) is 24.3 Å². The second-order valence-corrected chi connectivity index (χ2v) is 1.71. The lowest BCUT2D eigenvalue weighted by atomic mass is 10.3. The van der Waals surface area contributed by atoms with Gasteiger partial charge in [0, 0.05) is 0 Å². The summed E-state index contributed by atoms with van der Waals surface area (Å²) in [5, 5.41) is 0. The van der Waals surface area contributed by atoms with Crippen LogP contribution >= 0.6 is 0 Å². The SMILES string of the molecule is FCOc1ccc(F)cc1. The molecule has 1 nitrogen and oxygen atoms in total. The lowest BCUT2D eigenvalue weighted by Gasteiger charge is -1.98. The molecule has 0 unspecified atom stereocenters. The zero-order valence-corrected chi connectivity index (χ0v) is 5.18. The van der Waals surface area contributed by atoms with Crippen molar-refractivity contribution in [3.8, 4) is 5.75 Å². The van der Waals surface area contributed by atoms with Crippen LogP contribution in [-0.2, 0) is 0 Å². The van der Waals surface area contributed by atoms with E-state index in [1.807, 2.05) is 0 Å². The molecular weight excluding hydrogens is 138 g/mol. The summed E-state index contributed by atoms with van der Waals surface area (Å²) in [5.41, 5.74) is 0. The molecule has 0 atom stereocenters. The fourth-order valence-corrected chi connectivity index (χ4v) is 0.594. The molecule has 54 valence electrons. The van der Waals surface area contributed by atoms with Crippen LogP contribution in [0.1, 0.15) is 0 Å². The van der Waals surface area contributed by atoms with Crippen molar-refractivity contribution < 1.29 is 13.5 Å². The maximum Gasteiger partial charge on any atom is 0.228 e. The standard InChI is InChI=1S/C7H6F2O/c8-5-10-7-3-1-6(9)2-4-7/h1-4H,5H2. The molecule has 0 amide bonds. The third kappa shape index (κ3) is 1.69. The molecule has 0 aliphatic rings. The van der Waals surface area contributed by atoms with Crippen molar-refractivity contribution in [1.29, 1.82) is 0 Å². The zero-order valence-electron chi connectivity index (χ0n) is 5.18. The highest BCUT2D eigenvalue weighted by Crippen LogP contribution is 2.10. The molecule has 0 saturated heterocycles. The molecule has 0 fully saturated rings. The maximum atomic E-state index is 12.2. The van der Waals surface area contributed by atoms with E-state index in [9.17, 15) is 8.78 Å². The van der Waals surface area contributed by atoms with Crippen LogP contribution in [0.5, 0.6) is 5.75 Å². The van der Waals surface area contributed by atoms with Crippen molar-refractivity contribution >= 4 is 0 Å². The molecule has 0 heterocycles. The van der Waals surface area contributed by atoms with Crippen LogP contribution in [0, 0.1) is 5.82 Å². The molecule has 0 bridgehead atoms. The summed E-state index contributed by atoms with van der Waals surface area (Å²) in [5.74, 6) is -0.0184. The molecule has 0 spiro atoms. The molecule has 10 heavy (non-hydrogen) atoms. The van der Waals surface area contributed by atoms with Crippen molar-refractivity contribution in [2.75, 3.05) is 6.86 Å². The van der Waals surface area contributed by atoms with Crippen molar-refractivity contribution in [1.82, 2.24) is 0 Å². The van der Waals surface area contributed by atoms with E-state index in [0.29, 0.717) is 5.75 Å². The van der Waals surface area contributed by atoms with Crippen LogP contribution in [0.4, 0.5) is 8.78 Å². The number of ether oxygens (including phenoxy) is 1. The van der Waals surface area contributed by atoms with Gasteiger partial charge in [-0.25, -0.2) is 8.78 Å². The van der Waals surface area contributed by atoms with Crippen LogP contribution in [0.25, 0.3) is 0 Å². The van der Waals surface area contributed by atoms with Gasteiger partial charge in [-0.05, 0) is 24.3 Å². The Kier molecular flexibility index (Phi) is 2.20. The molecule has 0 aliphatic carbocycles. The topological polar surface area (TPSA) is 9.23 Å². The van der Waals surface area contributed by atoms with Gasteiger partial charge in [0.2, 0.25) is 6.86 Å². The first kappa shape index (κ1) is 6.99. The van der Waals surface area contributed by atoms with Crippen LogP contribution < -0.4 is 4.74 Å². The minimum absolute atomic E-state index is 0.337. The molecule has 1 rings (SSSR count). The summed E-state index contributed by atoms with van der Waals surface area (Å²) >= 11 is 0. The van der Waals surface area contributed by atoms with E-state index in [-0.39, 0.29) is 5.82 Å². The summed E-state index contributed by atoms with van der Waals surface area (Å²) in [6.07, 6.45) is 0. The lowest BCUT2D eigenvalue weighted by Crippen LogP contribution is -1.88. The Morgan fingerprint density at radius 3 is 2.30 bits per heavy atom. The largest absolute Gasteiger partial charge is 0.463 e. The monoisotopic (exact) mass is 144 g/mol. The fourth-order valence-electron chi connectivity index (χ4n) is 0.594. The Hall–Kier alpha value is -1.12. The van der Waals surface area contributed by atoms with Crippen LogP contribution in [-0.4, -0.2) is 6.86 Å². The first-order valence-electron chi connectivity index (χ1n) is 2.77. The van der Waals surface area contributed by atoms with Gasteiger partial charge in [0.05, 0.1) is 0 Å². The highest BCUT2D eigenvalue weighted by atomic mass is 19.1. The summed E-state index contributed by atoms with van der Waals surface area (Å²) in [4.78, 5) is 0. The highest BCUT2D eigenvalue weighted by molar-refractivity contribution is 5.21. The lowest BCUT2D eigenvalue weighted by molar-refractivity contribution is 0.191. The van der Waals surface area contributed by atoms with E-state index in [1.54, 1.807) is 0 Å². The molecule has 3 heteroatoms. The summed E-state index contributed by atoms with van der Waals surface area (Å²) in [6, 6.07) is 5.17. The number of hydrogen-bond donors (Lipinski definition) is 0. The molecule has 1 aromatic carbocycles. The summed E-state index contributed by atoms with van der Waals surface area (Å²) < 4.78 is 28.1. The van der Waals surface area contributed by atoms with Crippen LogP contribution in [0.3, 0.4) is 0 Å². The van der Waals surface area contributed by atoms with Gasteiger partial charge in [-0.15, -0.1) is 0 Å². The van der Waals surface area contributed by atoms with E-state index < -0.39 is 6.86 Å². The van der Waals surface area contributed by atoms with Crippen molar-refractivity contribution in [3.05, 3.63) is 30.1 Å². The Labute approximate surface area is 57.2 Å². The van der Waals surface area contributed by atoms with Gasteiger partial charge in [-0.3, -0.25) is 0 Å². The van der Waals surface area contributed by atoms with Crippen molar-refractivity contribution in [2.24, 2.45) is 0 Å². The molecule has 0 radical (unpaired) electrons. The predicted octanol–water partition coefficient (Wildman–Crippen LogP) is 2.13. The first-order valence-corrected chi connectivity index (χ1v) is 2.77. The van der Waals surface area contributed by atoms with Gasteiger partial charge >= 0.3 is 0 Å². The van der Waals surface area contributed by atoms with Crippen LogP contribution in [0.15, 0.2) is 24.3 Å². The minimum atomic E-state index is -0.883. The van der Waals surface area contributed by atoms with E-state index >= 15 is 0 Å². The second-order valence-electron chi connectivity index (χ2n) is 1.71. The predicted molar refractivity (Wildman–Crippen MR) is 33.0 cm³/mol. The molecule has 0 N–H and O–H groups in total. The van der Waals surface area contributed by atoms with Gasteiger partial charge in [-0.2, -0.15) is 0 Å². The Balaban J connectivity index is 2.69. The first-order chi connectivity index (χ1) is 4.83. The number of benzene rings is 1. The molecule has 0 aliphatic heterocycles. The van der Waals surface area contributed by atoms with Crippen molar-refractivity contribution in [3.63, 3.8) is 0 Å². The quantitative estimate of drug-likeness (QED) is 0.617. The smallest absolute Gasteiger partial charge is 0.228 e. The van der Waals surface area contributed by atoms with Gasteiger partial charge in [0.1, 0.15) is 11.6 Å². The average molecular weight is 144 g/mol. The van der Waals surface area contributed by atoms with E-state index in [2.05, 4.69) is 4.74 Å². The number of alkyl halides is 1. The van der Waals surface area contributed by atoms with Crippen LogP contribution in [0.2, 0.25) is 0 Å². The minimum Gasteiger partial charge on any atom is -0.463 e. The molecule has 0 aromatic heterocycles. The third-order valence-electron chi connectivity index (χ3n) is 1.03. The molecule has 0 saturated carbocycles. The number of hydrogen-bond acceptors (Lipinski definition) is 1. The number of halogens is 2. The second kappa shape index (κ2) is 3.15. The molecule has 1 aromatic rings. The summed E-state index contributed by atoms with van der Waals surface area (Å²) in [6.45, 7) is -0.883. The Morgan fingerprint density at radius 1 is 1.20 bits per heavy atom. The van der Waals surface area contributed by atoms with Gasteiger partial charge in [0.25, 0.3) is 0 Å². The normalized spacial score (nSPS) is 9.40. The van der Waals surface area contributed by atoms with E-state index in [0.717, 1.165) is 0 Å². The highest BCUT2D eigenvalue weighted by Gasteiger charge is 1.91. The third-order valence-corrected chi connectivity index (χ3v) is 1.03. The van der Waals surface area contributed by atoms with E-state index in [4.69, 9.17) is 0 Å². The van der Waals surface area contributed by atoms with Gasteiger partial charge in [-0.1, -0.05) is 0 Å². The fraction of sp³-hybridized carbons (Fsp3) is 0.143. The van der Waals surface area contributed by atoms with Gasteiger partial charge < -0.3 is 4.74 Å². The zero-order chi connectivity index (χ0) is 7.40. The average Bonchev–Trinajstić information content (AvgIpc) is 1.95. The summed E-state index contributed by atoms with van der Waals surface area (Å²) in [7, 11) is 0. The van der Waals surface area contributed by atoms with Crippen molar-refractivity contribution in [2.45, 2.75) is 0 Å². The van der Waals surface area contributed by atoms with Gasteiger partial charge in [0.15, 0.2) is 0 Å². The molecular formula is C7H6F2O. The Bertz CT molecular complexity index is 195. The number of rotatable bonds is 2.